The number of amides is 2. The van der Waals surface area contributed by atoms with Crippen molar-refractivity contribution in [1.29, 1.82) is 0 Å². The zero-order valence-electron chi connectivity index (χ0n) is 17.4. The summed E-state index contributed by atoms with van der Waals surface area (Å²) in [4.78, 5) is 29.1. The van der Waals surface area contributed by atoms with E-state index in [0.717, 1.165) is 4.31 Å². The van der Waals surface area contributed by atoms with Gasteiger partial charge in [0.05, 0.1) is 5.56 Å². The summed E-state index contributed by atoms with van der Waals surface area (Å²) in [6.45, 7) is 5.81. The van der Waals surface area contributed by atoms with E-state index in [2.05, 4.69) is 4.90 Å². The van der Waals surface area contributed by atoms with Crippen LogP contribution in [0.5, 0.6) is 0 Å². The van der Waals surface area contributed by atoms with Crippen LogP contribution in [0.4, 0.5) is 4.39 Å². The first kappa shape index (κ1) is 21.5. The van der Waals surface area contributed by atoms with E-state index < -0.39 is 22.0 Å². The summed E-state index contributed by atoms with van der Waals surface area (Å²) in [5.74, 6) is -1.09. The highest BCUT2D eigenvalue weighted by atomic mass is 32.2. The van der Waals surface area contributed by atoms with E-state index in [-0.39, 0.29) is 27.7 Å². The Morgan fingerprint density at radius 1 is 1.06 bits per heavy atom. The van der Waals surface area contributed by atoms with Gasteiger partial charge in [-0.05, 0) is 38.1 Å². The molecule has 9 heteroatoms. The van der Waals surface area contributed by atoms with Crippen molar-refractivity contribution in [2.24, 2.45) is 0 Å². The van der Waals surface area contributed by atoms with Gasteiger partial charge in [-0.2, -0.15) is 0 Å². The van der Waals surface area contributed by atoms with Gasteiger partial charge in [-0.25, -0.2) is 17.1 Å². The molecule has 1 saturated heterocycles. The van der Waals surface area contributed by atoms with Crippen LogP contribution >= 0.6 is 0 Å². The van der Waals surface area contributed by atoms with E-state index in [4.69, 9.17) is 0 Å². The van der Waals surface area contributed by atoms with Crippen LogP contribution < -0.4 is 0 Å². The summed E-state index contributed by atoms with van der Waals surface area (Å²) in [6.07, 6.45) is 0. The molecular weight excluding hydrogens is 421 g/mol. The summed E-state index contributed by atoms with van der Waals surface area (Å²) >= 11 is 0. The third-order valence-electron chi connectivity index (χ3n) is 5.68. The second-order valence-electron chi connectivity index (χ2n) is 8.07. The molecule has 31 heavy (non-hydrogen) atoms. The minimum atomic E-state index is -3.96. The largest absolute Gasteiger partial charge is 0.336 e. The maximum absolute atomic E-state index is 13.9. The quantitative estimate of drug-likeness (QED) is 0.722. The molecule has 0 N–H and O–H groups in total. The summed E-state index contributed by atoms with van der Waals surface area (Å²) < 4.78 is 40.3. The van der Waals surface area contributed by atoms with Crippen molar-refractivity contribution in [2.75, 3.05) is 26.2 Å². The first-order chi connectivity index (χ1) is 14.7. The van der Waals surface area contributed by atoms with Crippen molar-refractivity contribution in [2.45, 2.75) is 31.3 Å². The number of rotatable bonds is 4. The van der Waals surface area contributed by atoms with Crippen LogP contribution in [0.25, 0.3) is 0 Å². The SMILES string of the molecule is CC(C)N1C(=O)c2ccc(C(=O)N3CCN(Cc4ccccc4F)CC3)cc2S1(=O)=O. The molecule has 2 aliphatic rings. The number of benzene rings is 2. The Labute approximate surface area is 181 Å². The minimum absolute atomic E-state index is 0.0972. The molecule has 7 nitrogen and oxygen atoms in total. The molecule has 2 amide bonds. The fraction of sp³-hybridized carbons (Fsp3) is 0.364. The Bertz CT molecular complexity index is 1140. The summed E-state index contributed by atoms with van der Waals surface area (Å²) in [6, 6.07) is 10.3. The predicted octanol–water partition coefficient (Wildman–Crippen LogP) is 2.34. The molecule has 0 saturated carbocycles. The maximum Gasteiger partial charge on any atom is 0.269 e. The lowest BCUT2D eigenvalue weighted by Crippen LogP contribution is -2.48. The number of carbonyl (C=O) groups excluding carboxylic acids is 2. The van der Waals surface area contributed by atoms with Crippen LogP contribution in [0.1, 0.15) is 40.1 Å². The zero-order valence-corrected chi connectivity index (χ0v) is 18.2. The maximum atomic E-state index is 13.9. The average molecular weight is 446 g/mol. The van der Waals surface area contributed by atoms with Crippen LogP contribution in [0.2, 0.25) is 0 Å². The van der Waals surface area contributed by atoms with E-state index in [0.29, 0.717) is 38.3 Å². The molecule has 2 aromatic carbocycles. The molecule has 0 unspecified atom stereocenters. The van der Waals surface area contributed by atoms with E-state index in [1.165, 1.54) is 24.3 Å². The highest BCUT2D eigenvalue weighted by Gasteiger charge is 2.43. The molecule has 1 fully saturated rings. The number of fused-ring (bicyclic) bond motifs is 1. The van der Waals surface area contributed by atoms with Gasteiger partial charge in [-0.1, -0.05) is 18.2 Å². The fourth-order valence-electron chi connectivity index (χ4n) is 4.05. The smallest absolute Gasteiger partial charge is 0.269 e. The van der Waals surface area contributed by atoms with Crippen molar-refractivity contribution in [3.8, 4) is 0 Å². The molecule has 0 spiro atoms. The van der Waals surface area contributed by atoms with Gasteiger partial charge < -0.3 is 4.90 Å². The standard InChI is InChI=1S/C22H24FN3O4S/c1-15(2)26-22(28)18-8-7-16(13-20(18)31(26,29)30)21(27)25-11-9-24(10-12-25)14-17-5-3-4-6-19(17)23/h3-8,13,15H,9-12,14H2,1-2H3. The number of carbonyl (C=O) groups is 2. The average Bonchev–Trinajstić information content (AvgIpc) is 2.94. The number of piperazine rings is 1. The van der Waals surface area contributed by atoms with Crippen LogP contribution in [0, 0.1) is 5.82 Å². The molecular formula is C22H24FN3O4S. The lowest BCUT2D eigenvalue weighted by atomic mass is 10.1. The topological polar surface area (TPSA) is 78.0 Å². The van der Waals surface area contributed by atoms with E-state index in [1.807, 2.05) is 0 Å². The number of halogens is 1. The van der Waals surface area contributed by atoms with Crippen molar-refractivity contribution >= 4 is 21.8 Å². The van der Waals surface area contributed by atoms with Crippen LogP contribution in [-0.2, 0) is 16.6 Å². The van der Waals surface area contributed by atoms with Crippen molar-refractivity contribution < 1.29 is 22.4 Å². The summed E-state index contributed by atoms with van der Waals surface area (Å²) in [5.41, 5.74) is 0.953. The van der Waals surface area contributed by atoms with Crippen molar-refractivity contribution in [3.05, 3.63) is 65.0 Å². The molecule has 0 atom stereocenters. The Kier molecular flexibility index (Phi) is 5.57. The summed E-state index contributed by atoms with van der Waals surface area (Å²) in [5, 5.41) is 0. The molecule has 164 valence electrons. The lowest BCUT2D eigenvalue weighted by Gasteiger charge is -2.34. The predicted molar refractivity (Wildman–Crippen MR) is 113 cm³/mol. The van der Waals surface area contributed by atoms with E-state index in [1.54, 1.807) is 36.9 Å². The Balaban J connectivity index is 1.47. The van der Waals surface area contributed by atoms with Gasteiger partial charge >= 0.3 is 0 Å². The van der Waals surface area contributed by atoms with Gasteiger partial charge in [-0.3, -0.25) is 14.5 Å². The first-order valence-electron chi connectivity index (χ1n) is 10.2. The van der Waals surface area contributed by atoms with Gasteiger partial charge in [0, 0.05) is 49.9 Å². The lowest BCUT2D eigenvalue weighted by molar-refractivity contribution is 0.0626. The molecule has 0 aromatic heterocycles. The number of sulfonamides is 1. The number of hydrogen-bond acceptors (Lipinski definition) is 5. The van der Waals surface area contributed by atoms with Crippen LogP contribution in [-0.4, -0.2) is 66.6 Å². The molecule has 4 rings (SSSR count). The molecule has 0 radical (unpaired) electrons. The third-order valence-corrected chi connectivity index (χ3v) is 7.68. The minimum Gasteiger partial charge on any atom is -0.336 e. The Morgan fingerprint density at radius 3 is 2.39 bits per heavy atom. The van der Waals surface area contributed by atoms with Crippen LogP contribution in [0.15, 0.2) is 47.4 Å². The highest BCUT2D eigenvalue weighted by Crippen LogP contribution is 2.33. The van der Waals surface area contributed by atoms with E-state index in [9.17, 15) is 22.4 Å². The van der Waals surface area contributed by atoms with E-state index >= 15 is 0 Å². The monoisotopic (exact) mass is 445 g/mol. The van der Waals surface area contributed by atoms with Crippen molar-refractivity contribution in [3.63, 3.8) is 0 Å². The van der Waals surface area contributed by atoms with Crippen LogP contribution in [0.3, 0.4) is 0 Å². The molecule has 2 aromatic rings. The molecule has 0 bridgehead atoms. The van der Waals surface area contributed by atoms with Gasteiger partial charge in [0.2, 0.25) is 0 Å². The molecule has 0 aliphatic carbocycles. The Hall–Kier alpha value is -2.78. The molecule has 2 aliphatic heterocycles. The first-order valence-corrected chi connectivity index (χ1v) is 11.6. The fourth-order valence-corrected chi connectivity index (χ4v) is 5.84. The van der Waals surface area contributed by atoms with Gasteiger partial charge in [0.25, 0.3) is 21.8 Å². The van der Waals surface area contributed by atoms with Gasteiger partial charge in [0.1, 0.15) is 10.7 Å². The zero-order chi connectivity index (χ0) is 22.3. The third kappa shape index (κ3) is 3.83. The van der Waals surface area contributed by atoms with Gasteiger partial charge in [0.15, 0.2) is 0 Å². The number of nitrogens with zero attached hydrogens (tertiary/aromatic N) is 3. The van der Waals surface area contributed by atoms with Gasteiger partial charge in [-0.15, -0.1) is 0 Å². The summed E-state index contributed by atoms with van der Waals surface area (Å²) in [7, 11) is -3.96. The Morgan fingerprint density at radius 2 is 1.74 bits per heavy atom. The van der Waals surface area contributed by atoms with Crippen molar-refractivity contribution in [1.82, 2.24) is 14.1 Å². The normalized spacial score (nSPS) is 18.5. The number of hydrogen-bond donors (Lipinski definition) is 0. The second-order valence-corrected chi connectivity index (χ2v) is 9.85. The molecule has 2 heterocycles. The second kappa shape index (κ2) is 8.05. The highest BCUT2D eigenvalue weighted by molar-refractivity contribution is 7.90.